The molecule has 2 saturated heterocycles. The number of aromatic amines is 1. The molecule has 2 fully saturated rings. The molecule has 0 radical (unpaired) electrons. The maximum absolute atomic E-state index is 12.4. The van der Waals surface area contributed by atoms with Gasteiger partial charge in [0.15, 0.2) is 0 Å². The van der Waals surface area contributed by atoms with E-state index >= 15 is 0 Å². The van der Waals surface area contributed by atoms with Gasteiger partial charge in [-0.2, -0.15) is 5.10 Å². The Kier molecular flexibility index (Phi) is 2.63. The average molecular weight is 234 g/mol. The molecule has 1 aromatic rings. The first-order valence-electron chi connectivity index (χ1n) is 6.31. The Bertz CT molecular complexity index is 414. The van der Waals surface area contributed by atoms with Crippen LogP contribution in [0.25, 0.3) is 0 Å². The fourth-order valence-electron chi connectivity index (χ4n) is 2.97. The zero-order chi connectivity index (χ0) is 11.8. The molecule has 0 aliphatic carbocycles. The molecule has 5 nitrogen and oxygen atoms in total. The lowest BCUT2D eigenvalue weighted by molar-refractivity contribution is 0.0674. The van der Waals surface area contributed by atoms with E-state index in [-0.39, 0.29) is 5.91 Å². The zero-order valence-corrected chi connectivity index (χ0v) is 10.1. The smallest absolute Gasteiger partial charge is 0.274 e. The van der Waals surface area contributed by atoms with Gasteiger partial charge in [0.1, 0.15) is 5.69 Å². The maximum Gasteiger partial charge on any atom is 0.274 e. The number of amides is 1. The molecule has 2 unspecified atom stereocenters. The van der Waals surface area contributed by atoms with Gasteiger partial charge in [-0.3, -0.25) is 9.89 Å². The SMILES string of the molecule is Cc1cc(C(=O)N2C3CCNCC2CC3)n[nH]1. The van der Waals surface area contributed by atoms with E-state index in [9.17, 15) is 4.79 Å². The topological polar surface area (TPSA) is 61.0 Å². The summed E-state index contributed by atoms with van der Waals surface area (Å²) in [6, 6.07) is 2.59. The number of hydrogen-bond acceptors (Lipinski definition) is 3. The third kappa shape index (κ3) is 1.84. The Morgan fingerprint density at radius 2 is 2.24 bits per heavy atom. The minimum atomic E-state index is 0.0885. The van der Waals surface area contributed by atoms with Crippen molar-refractivity contribution in [1.82, 2.24) is 20.4 Å². The summed E-state index contributed by atoms with van der Waals surface area (Å²) in [5.74, 6) is 0.0885. The van der Waals surface area contributed by atoms with E-state index in [4.69, 9.17) is 0 Å². The van der Waals surface area contributed by atoms with Crippen LogP contribution in [-0.2, 0) is 0 Å². The number of rotatable bonds is 1. The molecule has 2 atom stereocenters. The van der Waals surface area contributed by atoms with Crippen molar-refractivity contribution in [2.75, 3.05) is 13.1 Å². The number of aryl methyl sites for hydroxylation is 1. The highest BCUT2D eigenvalue weighted by molar-refractivity contribution is 5.93. The number of hydrogen-bond donors (Lipinski definition) is 2. The minimum Gasteiger partial charge on any atom is -0.330 e. The van der Waals surface area contributed by atoms with Crippen molar-refractivity contribution in [2.24, 2.45) is 0 Å². The molecule has 2 aliphatic rings. The molecule has 3 heterocycles. The van der Waals surface area contributed by atoms with Crippen molar-refractivity contribution in [3.05, 3.63) is 17.5 Å². The zero-order valence-electron chi connectivity index (χ0n) is 10.1. The van der Waals surface area contributed by atoms with Crippen LogP contribution in [0.3, 0.4) is 0 Å². The van der Waals surface area contributed by atoms with E-state index < -0.39 is 0 Å². The lowest BCUT2D eigenvalue weighted by Crippen LogP contribution is -2.42. The molecule has 5 heteroatoms. The molecule has 2 N–H and O–H groups in total. The lowest BCUT2D eigenvalue weighted by atomic mass is 10.1. The van der Waals surface area contributed by atoms with Crippen LogP contribution >= 0.6 is 0 Å². The normalized spacial score (nSPS) is 28.2. The highest BCUT2D eigenvalue weighted by atomic mass is 16.2. The van der Waals surface area contributed by atoms with Crippen LogP contribution in [0, 0.1) is 6.92 Å². The van der Waals surface area contributed by atoms with Gasteiger partial charge in [0.25, 0.3) is 5.91 Å². The molecule has 1 amide bonds. The van der Waals surface area contributed by atoms with E-state index in [0.29, 0.717) is 17.8 Å². The van der Waals surface area contributed by atoms with Gasteiger partial charge in [0, 0.05) is 24.3 Å². The Hall–Kier alpha value is -1.36. The van der Waals surface area contributed by atoms with Gasteiger partial charge in [0.2, 0.25) is 0 Å². The molecule has 2 bridgehead atoms. The van der Waals surface area contributed by atoms with E-state index in [0.717, 1.165) is 38.0 Å². The predicted molar refractivity (Wildman–Crippen MR) is 63.8 cm³/mol. The first-order chi connectivity index (χ1) is 8.25. The molecule has 2 aliphatic heterocycles. The van der Waals surface area contributed by atoms with Crippen molar-refractivity contribution in [1.29, 1.82) is 0 Å². The summed E-state index contributed by atoms with van der Waals surface area (Å²) in [6.45, 7) is 3.86. The van der Waals surface area contributed by atoms with Gasteiger partial charge in [-0.1, -0.05) is 0 Å². The molecule has 3 rings (SSSR count). The summed E-state index contributed by atoms with van der Waals surface area (Å²) < 4.78 is 0. The molecule has 0 aromatic carbocycles. The van der Waals surface area contributed by atoms with Crippen LogP contribution in [-0.4, -0.2) is 46.2 Å². The monoisotopic (exact) mass is 234 g/mol. The fraction of sp³-hybridized carbons (Fsp3) is 0.667. The number of nitrogens with zero attached hydrogens (tertiary/aromatic N) is 2. The Morgan fingerprint density at radius 1 is 1.41 bits per heavy atom. The van der Waals surface area contributed by atoms with Crippen LogP contribution in [0.5, 0.6) is 0 Å². The van der Waals surface area contributed by atoms with Crippen LogP contribution in [0.1, 0.15) is 35.4 Å². The van der Waals surface area contributed by atoms with Gasteiger partial charge in [-0.25, -0.2) is 0 Å². The Balaban J connectivity index is 1.85. The van der Waals surface area contributed by atoms with Crippen LogP contribution < -0.4 is 5.32 Å². The van der Waals surface area contributed by atoms with Crippen molar-refractivity contribution in [3.63, 3.8) is 0 Å². The van der Waals surface area contributed by atoms with Gasteiger partial charge >= 0.3 is 0 Å². The Morgan fingerprint density at radius 3 is 3.00 bits per heavy atom. The molecule has 1 aromatic heterocycles. The summed E-state index contributed by atoms with van der Waals surface area (Å²) in [5, 5.41) is 10.3. The second kappa shape index (κ2) is 4.14. The summed E-state index contributed by atoms with van der Waals surface area (Å²) >= 11 is 0. The molecular weight excluding hydrogens is 216 g/mol. The first-order valence-corrected chi connectivity index (χ1v) is 6.31. The van der Waals surface area contributed by atoms with Crippen LogP contribution in [0.4, 0.5) is 0 Å². The van der Waals surface area contributed by atoms with E-state index in [1.165, 1.54) is 0 Å². The van der Waals surface area contributed by atoms with E-state index in [2.05, 4.69) is 20.4 Å². The number of fused-ring (bicyclic) bond motifs is 2. The van der Waals surface area contributed by atoms with Gasteiger partial charge in [0.05, 0.1) is 0 Å². The summed E-state index contributed by atoms with van der Waals surface area (Å²) in [7, 11) is 0. The molecule has 17 heavy (non-hydrogen) atoms. The standard InChI is InChI=1S/C12H18N4O/c1-8-6-11(15-14-8)12(17)16-9-2-3-10(16)7-13-5-4-9/h6,9-10,13H,2-5,7H2,1H3,(H,14,15). The highest BCUT2D eigenvalue weighted by Gasteiger charge is 2.38. The highest BCUT2D eigenvalue weighted by Crippen LogP contribution is 2.29. The number of carbonyl (C=O) groups excluding carboxylic acids is 1. The quantitative estimate of drug-likeness (QED) is 0.751. The number of H-pyrrole nitrogens is 1. The second-order valence-electron chi connectivity index (χ2n) is 5.03. The third-order valence-corrected chi connectivity index (χ3v) is 3.81. The van der Waals surface area contributed by atoms with Crippen LogP contribution in [0.2, 0.25) is 0 Å². The number of nitrogens with one attached hydrogen (secondary N) is 2. The van der Waals surface area contributed by atoms with Crippen molar-refractivity contribution in [2.45, 2.75) is 38.3 Å². The summed E-state index contributed by atoms with van der Waals surface area (Å²) in [4.78, 5) is 14.5. The summed E-state index contributed by atoms with van der Waals surface area (Å²) in [6.07, 6.45) is 3.32. The minimum absolute atomic E-state index is 0.0885. The van der Waals surface area contributed by atoms with E-state index in [1.54, 1.807) is 0 Å². The van der Waals surface area contributed by atoms with Crippen LogP contribution in [0.15, 0.2) is 6.07 Å². The Labute approximate surface area is 101 Å². The van der Waals surface area contributed by atoms with Crippen molar-refractivity contribution >= 4 is 5.91 Å². The average Bonchev–Trinajstić information content (AvgIpc) is 2.81. The second-order valence-corrected chi connectivity index (χ2v) is 5.03. The number of carbonyl (C=O) groups is 1. The van der Waals surface area contributed by atoms with Gasteiger partial charge in [-0.15, -0.1) is 0 Å². The predicted octanol–water partition coefficient (Wildman–Crippen LogP) is 0.685. The molecule has 92 valence electrons. The van der Waals surface area contributed by atoms with Crippen molar-refractivity contribution < 1.29 is 4.79 Å². The van der Waals surface area contributed by atoms with Gasteiger partial charge < -0.3 is 10.2 Å². The molecule has 0 saturated carbocycles. The largest absolute Gasteiger partial charge is 0.330 e. The fourth-order valence-corrected chi connectivity index (χ4v) is 2.97. The van der Waals surface area contributed by atoms with Crippen molar-refractivity contribution in [3.8, 4) is 0 Å². The summed E-state index contributed by atoms with van der Waals surface area (Å²) in [5.41, 5.74) is 1.50. The molecular formula is C12H18N4O. The lowest BCUT2D eigenvalue weighted by Gasteiger charge is -2.26. The van der Waals surface area contributed by atoms with Gasteiger partial charge in [-0.05, 0) is 38.8 Å². The maximum atomic E-state index is 12.4. The first kappa shape index (κ1) is 10.8. The number of aromatic nitrogens is 2. The van der Waals surface area contributed by atoms with E-state index in [1.807, 2.05) is 13.0 Å². The third-order valence-electron chi connectivity index (χ3n) is 3.81. The molecule has 0 spiro atoms.